The van der Waals surface area contributed by atoms with Crippen LogP contribution in [0.25, 0.3) is 0 Å². The van der Waals surface area contributed by atoms with Crippen LogP contribution in [0, 0.1) is 18.6 Å². The Balaban J connectivity index is 1.66. The predicted molar refractivity (Wildman–Crippen MR) is 139 cm³/mol. The van der Waals surface area contributed by atoms with Gasteiger partial charge in [-0.25, -0.2) is 18.4 Å². The van der Waals surface area contributed by atoms with Gasteiger partial charge in [-0.05, 0) is 77.7 Å². The smallest absolute Gasteiger partial charge is 0.338 e. The number of ether oxygens (including phenoxy) is 2. The Hall–Kier alpha value is -4.32. The first kappa shape index (κ1) is 25.3. The Kier molecular flexibility index (Phi) is 7.05. The SMILES string of the molecule is Cc1ccc(F)cc1C1c2ccc(F)cc2C(C)C(OC(=O)c2ccccc2)C1OC(=O)c1ccccc1. The third-order valence-corrected chi connectivity index (χ3v) is 7.10. The van der Waals surface area contributed by atoms with Crippen LogP contribution >= 0.6 is 0 Å². The topological polar surface area (TPSA) is 52.6 Å². The van der Waals surface area contributed by atoms with Crippen molar-refractivity contribution < 1.29 is 27.8 Å². The minimum absolute atomic E-state index is 0.327. The van der Waals surface area contributed by atoms with Crippen LogP contribution in [-0.2, 0) is 9.47 Å². The summed E-state index contributed by atoms with van der Waals surface area (Å²) in [7, 11) is 0. The highest BCUT2D eigenvalue weighted by molar-refractivity contribution is 5.90. The van der Waals surface area contributed by atoms with Gasteiger partial charge in [0.25, 0.3) is 0 Å². The number of carbonyl (C=O) groups excluding carboxylic acids is 2. The molecule has 4 nitrogen and oxygen atoms in total. The Morgan fingerprint density at radius 2 is 1.13 bits per heavy atom. The average molecular weight is 513 g/mol. The van der Waals surface area contributed by atoms with Gasteiger partial charge in [0.15, 0.2) is 6.10 Å². The van der Waals surface area contributed by atoms with Gasteiger partial charge in [-0.1, -0.05) is 55.5 Å². The van der Waals surface area contributed by atoms with E-state index in [4.69, 9.17) is 9.47 Å². The van der Waals surface area contributed by atoms with Crippen molar-refractivity contribution in [3.05, 3.63) is 142 Å². The van der Waals surface area contributed by atoms with Gasteiger partial charge >= 0.3 is 11.9 Å². The number of hydrogen-bond donors (Lipinski definition) is 0. The van der Waals surface area contributed by atoms with E-state index in [0.29, 0.717) is 27.8 Å². The van der Waals surface area contributed by atoms with Crippen molar-refractivity contribution in [1.82, 2.24) is 0 Å². The van der Waals surface area contributed by atoms with E-state index in [1.54, 1.807) is 79.7 Å². The van der Waals surface area contributed by atoms with Crippen LogP contribution in [0.1, 0.15) is 61.7 Å². The number of hydrogen-bond acceptors (Lipinski definition) is 4. The third kappa shape index (κ3) is 4.94. The maximum atomic E-state index is 14.5. The Labute approximate surface area is 219 Å². The van der Waals surface area contributed by atoms with Crippen LogP contribution in [0.2, 0.25) is 0 Å². The monoisotopic (exact) mass is 512 g/mol. The summed E-state index contributed by atoms with van der Waals surface area (Å²) in [5.74, 6) is -3.34. The zero-order chi connectivity index (χ0) is 26.8. The number of fused-ring (bicyclic) bond motifs is 1. The maximum absolute atomic E-state index is 14.5. The molecule has 6 heteroatoms. The maximum Gasteiger partial charge on any atom is 0.338 e. The fourth-order valence-corrected chi connectivity index (χ4v) is 5.18. The molecule has 192 valence electrons. The molecule has 0 aliphatic heterocycles. The average Bonchev–Trinajstić information content (AvgIpc) is 2.93. The van der Waals surface area contributed by atoms with Gasteiger partial charge in [0.1, 0.15) is 17.7 Å². The number of halogens is 2. The van der Waals surface area contributed by atoms with Gasteiger partial charge in [-0.2, -0.15) is 0 Å². The van der Waals surface area contributed by atoms with Crippen molar-refractivity contribution in [2.45, 2.75) is 37.9 Å². The molecule has 0 fully saturated rings. The molecule has 0 radical (unpaired) electrons. The molecular formula is C32H26F2O4. The largest absolute Gasteiger partial charge is 0.454 e. The first-order valence-corrected chi connectivity index (χ1v) is 12.4. The molecule has 38 heavy (non-hydrogen) atoms. The van der Waals surface area contributed by atoms with Gasteiger partial charge in [0.05, 0.1) is 17.0 Å². The van der Waals surface area contributed by atoms with E-state index in [2.05, 4.69) is 0 Å². The van der Waals surface area contributed by atoms with Crippen LogP contribution in [0.4, 0.5) is 8.78 Å². The lowest BCUT2D eigenvalue weighted by Crippen LogP contribution is -2.47. The Morgan fingerprint density at radius 3 is 1.71 bits per heavy atom. The van der Waals surface area contributed by atoms with Gasteiger partial charge < -0.3 is 9.47 Å². The normalized spacial score (nSPS) is 20.3. The molecule has 0 amide bonds. The minimum Gasteiger partial charge on any atom is -0.454 e. The highest BCUT2D eigenvalue weighted by atomic mass is 19.1. The molecule has 1 aliphatic rings. The second-order valence-corrected chi connectivity index (χ2v) is 9.51. The molecule has 0 spiro atoms. The lowest BCUT2D eigenvalue weighted by Gasteiger charge is -2.42. The molecule has 0 saturated carbocycles. The second kappa shape index (κ2) is 10.6. The summed E-state index contributed by atoms with van der Waals surface area (Å²) in [5.41, 5.74) is 3.28. The molecule has 4 atom stereocenters. The van der Waals surface area contributed by atoms with E-state index >= 15 is 0 Å². The van der Waals surface area contributed by atoms with Gasteiger partial charge in [-0.3, -0.25) is 0 Å². The molecule has 0 heterocycles. The van der Waals surface area contributed by atoms with E-state index in [1.807, 2.05) is 6.92 Å². The van der Waals surface area contributed by atoms with Gasteiger partial charge in [-0.15, -0.1) is 0 Å². The number of esters is 2. The molecule has 4 aromatic carbocycles. The molecule has 0 bridgehead atoms. The summed E-state index contributed by atoms with van der Waals surface area (Å²) in [6, 6.07) is 25.7. The Bertz CT molecular complexity index is 1470. The summed E-state index contributed by atoms with van der Waals surface area (Å²) in [4.78, 5) is 26.5. The molecular weight excluding hydrogens is 486 g/mol. The van der Waals surface area contributed by atoms with E-state index in [-0.39, 0.29) is 0 Å². The third-order valence-electron chi connectivity index (χ3n) is 7.10. The van der Waals surface area contributed by atoms with Crippen molar-refractivity contribution in [2.24, 2.45) is 0 Å². The lowest BCUT2D eigenvalue weighted by atomic mass is 9.70. The molecule has 0 saturated heterocycles. The standard InChI is InChI=1S/C32H26F2O4/c1-19-13-14-23(33)17-26(19)28-25-16-15-24(34)18-27(25)20(2)29(37-31(35)21-9-5-3-6-10-21)30(28)38-32(36)22-11-7-4-8-12-22/h3-18,20,28-30H,1-2H3. The summed E-state index contributed by atoms with van der Waals surface area (Å²) < 4.78 is 41.2. The molecule has 4 aromatic rings. The fraction of sp³-hybridized carbons (Fsp3) is 0.188. The summed E-state index contributed by atoms with van der Waals surface area (Å²) in [5, 5.41) is 0. The first-order valence-electron chi connectivity index (χ1n) is 12.4. The van der Waals surface area contributed by atoms with Crippen molar-refractivity contribution in [3.8, 4) is 0 Å². The summed E-state index contributed by atoms with van der Waals surface area (Å²) in [6.45, 7) is 3.64. The number of benzene rings is 4. The van der Waals surface area contributed by atoms with Crippen molar-refractivity contribution >= 4 is 11.9 Å². The van der Waals surface area contributed by atoms with Crippen molar-refractivity contribution in [3.63, 3.8) is 0 Å². The van der Waals surface area contributed by atoms with Crippen molar-refractivity contribution in [1.29, 1.82) is 0 Å². The van der Waals surface area contributed by atoms with E-state index < -0.39 is 47.6 Å². The number of rotatable bonds is 5. The summed E-state index contributed by atoms with van der Waals surface area (Å²) >= 11 is 0. The van der Waals surface area contributed by atoms with Crippen LogP contribution in [0.5, 0.6) is 0 Å². The number of carbonyl (C=O) groups is 2. The number of aryl methyl sites for hydroxylation is 1. The quantitative estimate of drug-likeness (QED) is 0.271. The molecule has 0 N–H and O–H groups in total. The van der Waals surface area contributed by atoms with Crippen LogP contribution in [-0.4, -0.2) is 24.1 Å². The van der Waals surface area contributed by atoms with E-state index in [9.17, 15) is 18.4 Å². The molecule has 0 aromatic heterocycles. The lowest BCUT2D eigenvalue weighted by molar-refractivity contribution is -0.0533. The second-order valence-electron chi connectivity index (χ2n) is 9.51. The first-order chi connectivity index (χ1) is 18.3. The van der Waals surface area contributed by atoms with Crippen LogP contribution in [0.3, 0.4) is 0 Å². The van der Waals surface area contributed by atoms with Crippen molar-refractivity contribution in [2.75, 3.05) is 0 Å². The zero-order valence-corrected chi connectivity index (χ0v) is 20.9. The summed E-state index contributed by atoms with van der Waals surface area (Å²) in [6.07, 6.45) is -1.99. The predicted octanol–water partition coefficient (Wildman–Crippen LogP) is 6.97. The van der Waals surface area contributed by atoms with E-state index in [0.717, 1.165) is 5.56 Å². The highest BCUT2D eigenvalue weighted by Gasteiger charge is 2.47. The van der Waals surface area contributed by atoms with Gasteiger partial charge in [0, 0.05) is 5.92 Å². The van der Waals surface area contributed by atoms with Crippen LogP contribution < -0.4 is 0 Å². The minimum atomic E-state index is -1.01. The zero-order valence-electron chi connectivity index (χ0n) is 20.9. The van der Waals surface area contributed by atoms with Gasteiger partial charge in [0.2, 0.25) is 0 Å². The molecule has 4 unspecified atom stereocenters. The highest BCUT2D eigenvalue weighted by Crippen LogP contribution is 2.46. The fourth-order valence-electron chi connectivity index (χ4n) is 5.18. The van der Waals surface area contributed by atoms with E-state index in [1.165, 1.54) is 24.3 Å². The molecule has 5 rings (SSSR count). The Morgan fingerprint density at radius 1 is 0.632 bits per heavy atom. The molecule has 1 aliphatic carbocycles. The van der Waals surface area contributed by atoms with Crippen LogP contribution in [0.15, 0.2) is 97.1 Å².